The van der Waals surface area contributed by atoms with Gasteiger partial charge in [-0.2, -0.15) is 0 Å². The third-order valence-corrected chi connectivity index (χ3v) is 0.313. The summed E-state index contributed by atoms with van der Waals surface area (Å²) in [5.74, 6) is 0. The van der Waals surface area contributed by atoms with E-state index >= 15 is 0 Å². The molecule has 0 heterocycles. The number of hydrogen-bond donors (Lipinski definition) is 0. The fourth-order valence-electron chi connectivity index (χ4n) is 0. The van der Waals surface area contributed by atoms with E-state index in [4.69, 9.17) is 0 Å². The minimum Gasteiger partial charge on any atom is -0.0456 e. The van der Waals surface area contributed by atoms with Crippen LogP contribution in [0, 0.1) is 0 Å². The molecule has 0 aromatic heterocycles. The number of halogens is 4. The summed E-state index contributed by atoms with van der Waals surface area (Å²) in [5.41, 5.74) is 0. The van der Waals surface area contributed by atoms with E-state index in [1.54, 1.807) is 0 Å². The SMILES string of the molecule is FN(F)[S+](F)F. The second kappa shape index (κ2) is 2.25. The molecule has 6 heteroatoms. The molecule has 1 nitrogen and oxygen atoms in total. The first-order valence-electron chi connectivity index (χ1n) is 0.829. The summed E-state index contributed by atoms with van der Waals surface area (Å²) in [6, 6.07) is 0. The van der Waals surface area contributed by atoms with Crippen molar-refractivity contribution in [2.45, 2.75) is 0 Å². The Bertz CT molecular complexity index is 28.5. The molecule has 0 amide bonds. The van der Waals surface area contributed by atoms with Gasteiger partial charge < -0.3 is 0 Å². The molecule has 0 aliphatic rings. The van der Waals surface area contributed by atoms with Crippen molar-refractivity contribution in [2.24, 2.45) is 0 Å². The number of nitrogens with zero attached hydrogens (tertiary/aromatic N) is 1. The summed E-state index contributed by atoms with van der Waals surface area (Å²) in [7, 11) is 0. The molecule has 0 aliphatic carbocycles. The average molecular weight is 122 g/mol. The topological polar surface area (TPSA) is 3.24 Å². The van der Waals surface area contributed by atoms with E-state index in [0.717, 1.165) is 0 Å². The van der Waals surface area contributed by atoms with Crippen molar-refractivity contribution in [3.63, 3.8) is 0 Å². The lowest BCUT2D eigenvalue weighted by Gasteiger charge is -1.72. The van der Waals surface area contributed by atoms with Gasteiger partial charge in [-0.05, 0) is 8.96 Å². The quantitative estimate of drug-likeness (QED) is 0.288. The van der Waals surface area contributed by atoms with Crippen LogP contribution in [0.1, 0.15) is 0 Å². The van der Waals surface area contributed by atoms with E-state index in [1.165, 1.54) is 0 Å². The smallest absolute Gasteiger partial charge is 0.0456 e. The highest BCUT2D eigenvalue weighted by molar-refractivity contribution is 7.84. The fraction of sp³-hybridized carbons (Fsp3) is 0. The van der Waals surface area contributed by atoms with Crippen molar-refractivity contribution in [3.8, 4) is 0 Å². The van der Waals surface area contributed by atoms with Gasteiger partial charge in [0.1, 0.15) is 0 Å². The van der Waals surface area contributed by atoms with E-state index in [-0.39, 0.29) is 0 Å². The lowest BCUT2D eigenvalue weighted by atomic mass is 13.6. The van der Waals surface area contributed by atoms with Gasteiger partial charge in [-0.15, -0.1) is 0 Å². The summed E-state index contributed by atoms with van der Waals surface area (Å²) < 4.78 is 39.1. The van der Waals surface area contributed by atoms with Gasteiger partial charge in [0.2, 0.25) is 0 Å². The first-order valence-corrected chi connectivity index (χ1v) is 1.81. The first-order chi connectivity index (χ1) is 2.64. The molecule has 0 radical (unpaired) electrons. The Morgan fingerprint density at radius 2 is 1.33 bits per heavy atom. The molecule has 0 fully saturated rings. The number of rotatable bonds is 1. The van der Waals surface area contributed by atoms with E-state index in [0.29, 0.717) is 0 Å². The zero-order valence-corrected chi connectivity index (χ0v) is 3.18. The zero-order chi connectivity index (χ0) is 5.15. The highest BCUT2D eigenvalue weighted by atomic mass is 32.3. The largest absolute Gasteiger partial charge is 0.588 e. The second-order valence-corrected chi connectivity index (χ2v) is 1.07. The summed E-state index contributed by atoms with van der Waals surface area (Å²) in [6.07, 6.45) is 0. The van der Waals surface area contributed by atoms with Gasteiger partial charge in [-0.3, -0.25) is 0 Å². The van der Waals surface area contributed by atoms with Crippen LogP contribution in [0.3, 0.4) is 0 Å². The van der Waals surface area contributed by atoms with E-state index in [9.17, 15) is 16.7 Å². The van der Waals surface area contributed by atoms with Gasteiger partial charge >= 0.3 is 16.6 Å². The van der Waals surface area contributed by atoms with Crippen molar-refractivity contribution in [3.05, 3.63) is 0 Å². The third-order valence-electron chi connectivity index (χ3n) is 0.104. The fourth-order valence-corrected chi connectivity index (χ4v) is 0. The van der Waals surface area contributed by atoms with Crippen molar-refractivity contribution in [1.29, 1.82) is 0 Å². The van der Waals surface area contributed by atoms with Crippen molar-refractivity contribution in [1.82, 2.24) is 4.75 Å². The Labute approximate surface area is 34.5 Å². The van der Waals surface area contributed by atoms with Gasteiger partial charge in [-0.1, -0.05) is 0 Å². The predicted octanol–water partition coefficient (Wildman–Crippen LogP) is 1.36. The molecule has 0 spiro atoms. The molecule has 0 saturated heterocycles. The van der Waals surface area contributed by atoms with E-state index in [2.05, 4.69) is 0 Å². The normalized spacial score (nSPS) is 11.0. The molecular weight excluding hydrogens is 122 g/mol. The van der Waals surface area contributed by atoms with Gasteiger partial charge in [0.15, 0.2) is 0 Å². The predicted molar refractivity (Wildman–Crippen MR) is 13.6 cm³/mol. The molecule has 6 heavy (non-hydrogen) atoms. The van der Waals surface area contributed by atoms with Crippen LogP contribution in [-0.4, -0.2) is 4.75 Å². The van der Waals surface area contributed by atoms with Crippen LogP contribution in [0.4, 0.5) is 16.7 Å². The summed E-state index contributed by atoms with van der Waals surface area (Å²) in [4.78, 5) is 0. The third kappa shape index (κ3) is 2.28. The van der Waals surface area contributed by atoms with Crippen LogP contribution in [-0.2, 0) is 11.9 Å². The maximum Gasteiger partial charge on any atom is 0.588 e. The zero-order valence-electron chi connectivity index (χ0n) is 2.37. The van der Waals surface area contributed by atoms with Gasteiger partial charge in [0.05, 0.1) is 7.77 Å². The molecule has 0 aromatic carbocycles. The molecule has 38 valence electrons. The van der Waals surface area contributed by atoms with Gasteiger partial charge in [0, 0.05) is 0 Å². The molecule has 0 bridgehead atoms. The van der Waals surface area contributed by atoms with E-state index < -0.39 is 16.6 Å². The minimum atomic E-state index is -3.87. The van der Waals surface area contributed by atoms with E-state index in [1.807, 2.05) is 0 Å². The lowest BCUT2D eigenvalue weighted by molar-refractivity contribution is -0.0548. The summed E-state index contributed by atoms with van der Waals surface area (Å²) in [6.45, 7) is 0. The standard InChI is InChI=1S/F4NS/c1-5(2)6(3)4/q+1. The molecule has 0 rings (SSSR count). The minimum absolute atomic E-state index is 2.14. The van der Waals surface area contributed by atoms with Crippen molar-refractivity contribution in [2.75, 3.05) is 0 Å². The van der Waals surface area contributed by atoms with Crippen LogP contribution in [0.5, 0.6) is 0 Å². The Hall–Kier alpha value is 0.0300. The molecule has 0 aliphatic heterocycles. The molecular formula is F4NS+. The highest BCUT2D eigenvalue weighted by Gasteiger charge is 2.33. The maximum atomic E-state index is 10.4. The molecule has 0 unspecified atom stereocenters. The first kappa shape index (κ1) is 6.03. The van der Waals surface area contributed by atoms with Crippen LogP contribution >= 0.6 is 0 Å². The highest BCUT2D eigenvalue weighted by Crippen LogP contribution is 2.07. The Morgan fingerprint density at radius 3 is 1.33 bits per heavy atom. The maximum absolute atomic E-state index is 10.4. The second-order valence-electron chi connectivity index (χ2n) is 0.398. The molecule has 0 atom stereocenters. The molecule has 0 aromatic rings. The van der Waals surface area contributed by atoms with Gasteiger partial charge in [-0.25, -0.2) is 0 Å². The van der Waals surface area contributed by atoms with Crippen LogP contribution < -0.4 is 0 Å². The van der Waals surface area contributed by atoms with Gasteiger partial charge in [0.25, 0.3) is 0 Å². The average Bonchev–Trinajstić information content (AvgIpc) is 1.36. The molecule has 0 N–H and O–H groups in total. The lowest BCUT2D eigenvalue weighted by Crippen LogP contribution is -2.00. The van der Waals surface area contributed by atoms with Crippen LogP contribution in [0.2, 0.25) is 0 Å². The summed E-state index contributed by atoms with van der Waals surface area (Å²) in [5, 5.41) is 0. The Balaban J connectivity index is 2.99. The van der Waals surface area contributed by atoms with Crippen molar-refractivity contribution >= 4 is 11.9 Å². The number of hydrogen-bond acceptors (Lipinski definition) is 1. The van der Waals surface area contributed by atoms with Crippen molar-refractivity contribution < 1.29 is 16.7 Å². The molecule has 0 saturated carbocycles. The van der Waals surface area contributed by atoms with Crippen LogP contribution in [0.15, 0.2) is 0 Å². The Kier molecular flexibility index (Phi) is 2.26. The summed E-state index contributed by atoms with van der Waals surface area (Å²) >= 11 is -3.87. The monoisotopic (exact) mass is 122 g/mol. The Morgan fingerprint density at radius 1 is 1.17 bits per heavy atom. The van der Waals surface area contributed by atoms with Crippen LogP contribution in [0.25, 0.3) is 0 Å².